The SMILES string of the molecule is CC(C)(NC(=O)O)c1cc(-c2ccc(F)cc2)cc(OC2[C@H]3CNC[C@@H]23)n1. The van der Waals surface area contributed by atoms with Gasteiger partial charge in [0.05, 0.1) is 11.2 Å². The maximum absolute atomic E-state index is 13.3. The van der Waals surface area contributed by atoms with Crippen LogP contribution in [0.2, 0.25) is 0 Å². The Morgan fingerprint density at radius 1 is 1.22 bits per heavy atom. The lowest BCUT2D eigenvalue weighted by molar-refractivity contribution is 0.181. The molecule has 0 radical (unpaired) electrons. The lowest BCUT2D eigenvalue weighted by atomic mass is 9.96. The number of amides is 1. The van der Waals surface area contributed by atoms with E-state index < -0.39 is 11.6 Å². The summed E-state index contributed by atoms with van der Waals surface area (Å²) in [5, 5.41) is 15.0. The standard InChI is InChI=1S/C20H22FN3O3/c1-20(2,24-19(25)26)16-7-12(11-3-5-13(21)6-4-11)8-17(23-16)27-18-14-9-22-10-15(14)18/h3-8,14-15,18,22,24H,9-10H2,1-2H3,(H,25,26)/t14-,15+,18?. The number of carbonyl (C=O) groups is 1. The number of nitrogens with zero attached hydrogens (tertiary/aromatic N) is 1. The van der Waals surface area contributed by atoms with Crippen LogP contribution in [0.5, 0.6) is 5.88 Å². The van der Waals surface area contributed by atoms with Crippen molar-refractivity contribution in [2.24, 2.45) is 11.8 Å². The Hall–Kier alpha value is -2.67. The maximum atomic E-state index is 13.3. The van der Waals surface area contributed by atoms with Crippen molar-refractivity contribution < 1.29 is 19.0 Å². The summed E-state index contributed by atoms with van der Waals surface area (Å²) in [7, 11) is 0. The van der Waals surface area contributed by atoms with Gasteiger partial charge in [0, 0.05) is 31.0 Å². The van der Waals surface area contributed by atoms with Crippen molar-refractivity contribution in [2.45, 2.75) is 25.5 Å². The number of pyridine rings is 1. The molecule has 1 saturated carbocycles. The van der Waals surface area contributed by atoms with E-state index in [0.717, 1.165) is 24.2 Å². The number of hydrogen-bond donors (Lipinski definition) is 3. The van der Waals surface area contributed by atoms with E-state index >= 15 is 0 Å². The van der Waals surface area contributed by atoms with Crippen LogP contribution in [0.4, 0.5) is 9.18 Å². The first-order valence-corrected chi connectivity index (χ1v) is 9.00. The molecule has 1 unspecified atom stereocenters. The molecule has 7 heteroatoms. The molecule has 6 nitrogen and oxygen atoms in total. The van der Waals surface area contributed by atoms with E-state index in [0.29, 0.717) is 23.4 Å². The van der Waals surface area contributed by atoms with Crippen LogP contribution in [0.25, 0.3) is 11.1 Å². The van der Waals surface area contributed by atoms with Gasteiger partial charge in [-0.1, -0.05) is 12.1 Å². The highest BCUT2D eigenvalue weighted by atomic mass is 19.1. The van der Waals surface area contributed by atoms with Gasteiger partial charge in [0.25, 0.3) is 0 Å². The molecule has 142 valence electrons. The van der Waals surface area contributed by atoms with Gasteiger partial charge in [-0.05, 0) is 43.2 Å². The lowest BCUT2D eigenvalue weighted by Gasteiger charge is -2.25. The summed E-state index contributed by atoms with van der Waals surface area (Å²) in [4.78, 5) is 15.7. The van der Waals surface area contributed by atoms with Crippen LogP contribution in [0.15, 0.2) is 36.4 Å². The Kier molecular flexibility index (Phi) is 4.26. The third kappa shape index (κ3) is 3.60. The predicted molar refractivity (Wildman–Crippen MR) is 98.1 cm³/mol. The smallest absolute Gasteiger partial charge is 0.405 e. The summed E-state index contributed by atoms with van der Waals surface area (Å²) in [6.45, 7) is 5.40. The summed E-state index contributed by atoms with van der Waals surface area (Å²) in [6.07, 6.45) is -0.982. The van der Waals surface area contributed by atoms with Crippen LogP contribution in [-0.2, 0) is 5.54 Å². The number of piperidine rings is 1. The molecule has 2 aliphatic rings. The molecule has 4 rings (SSSR count). The zero-order valence-corrected chi connectivity index (χ0v) is 15.2. The Labute approximate surface area is 156 Å². The van der Waals surface area contributed by atoms with Crippen LogP contribution >= 0.6 is 0 Å². The monoisotopic (exact) mass is 371 g/mol. The fourth-order valence-corrected chi connectivity index (χ4v) is 3.70. The first-order valence-electron chi connectivity index (χ1n) is 9.00. The van der Waals surface area contributed by atoms with Gasteiger partial charge in [-0.2, -0.15) is 0 Å². The van der Waals surface area contributed by atoms with Crippen molar-refractivity contribution in [3.63, 3.8) is 0 Å². The number of hydrogen-bond acceptors (Lipinski definition) is 4. The molecule has 1 aliphatic heterocycles. The van der Waals surface area contributed by atoms with Crippen molar-refractivity contribution in [1.29, 1.82) is 0 Å². The normalized spacial score (nSPS) is 23.6. The fraction of sp³-hybridized carbons (Fsp3) is 0.400. The maximum Gasteiger partial charge on any atom is 0.405 e. The van der Waals surface area contributed by atoms with E-state index in [4.69, 9.17) is 9.84 Å². The quantitative estimate of drug-likeness (QED) is 0.753. The molecule has 27 heavy (non-hydrogen) atoms. The first-order chi connectivity index (χ1) is 12.8. The highest BCUT2D eigenvalue weighted by molar-refractivity contribution is 5.68. The molecule has 2 heterocycles. The number of aromatic nitrogens is 1. The minimum absolute atomic E-state index is 0.144. The molecule has 3 N–H and O–H groups in total. The number of halogens is 1. The molecule has 1 saturated heterocycles. The van der Waals surface area contributed by atoms with Gasteiger partial charge < -0.3 is 20.5 Å². The second kappa shape index (κ2) is 6.49. The van der Waals surface area contributed by atoms with E-state index in [1.807, 2.05) is 12.1 Å². The number of fused-ring (bicyclic) bond motifs is 1. The molecule has 1 aromatic heterocycles. The summed E-state index contributed by atoms with van der Waals surface area (Å²) in [5.41, 5.74) is 1.26. The molecule has 0 bridgehead atoms. The van der Waals surface area contributed by atoms with Crippen LogP contribution in [0, 0.1) is 17.7 Å². The zero-order chi connectivity index (χ0) is 19.2. The van der Waals surface area contributed by atoms with Crippen molar-refractivity contribution in [2.75, 3.05) is 13.1 Å². The van der Waals surface area contributed by atoms with Gasteiger partial charge in [0.15, 0.2) is 0 Å². The molecule has 1 aliphatic carbocycles. The molecular weight excluding hydrogens is 349 g/mol. The minimum atomic E-state index is -1.13. The zero-order valence-electron chi connectivity index (χ0n) is 15.2. The minimum Gasteiger partial charge on any atom is -0.474 e. The number of nitrogens with one attached hydrogen (secondary N) is 2. The van der Waals surface area contributed by atoms with Crippen molar-refractivity contribution in [1.82, 2.24) is 15.6 Å². The molecule has 2 aromatic rings. The molecular formula is C20H22FN3O3. The van der Waals surface area contributed by atoms with E-state index in [1.165, 1.54) is 12.1 Å². The summed E-state index contributed by atoms with van der Waals surface area (Å²) < 4.78 is 19.4. The molecule has 1 aromatic carbocycles. The van der Waals surface area contributed by atoms with Crippen LogP contribution in [0.1, 0.15) is 19.5 Å². The third-order valence-corrected chi connectivity index (χ3v) is 5.31. The fourth-order valence-electron chi connectivity index (χ4n) is 3.70. The number of ether oxygens (including phenoxy) is 1. The van der Waals surface area contributed by atoms with Gasteiger partial charge in [-0.25, -0.2) is 14.2 Å². The molecule has 0 spiro atoms. The van der Waals surface area contributed by atoms with Crippen molar-refractivity contribution in [3.8, 4) is 17.0 Å². The van der Waals surface area contributed by atoms with Gasteiger partial charge in [-0.15, -0.1) is 0 Å². The number of benzene rings is 1. The summed E-state index contributed by atoms with van der Waals surface area (Å²) in [6, 6.07) is 9.80. The van der Waals surface area contributed by atoms with Gasteiger partial charge in [0.2, 0.25) is 5.88 Å². The Morgan fingerprint density at radius 3 is 2.52 bits per heavy atom. The van der Waals surface area contributed by atoms with Gasteiger partial charge in [-0.3, -0.25) is 0 Å². The second-order valence-corrected chi connectivity index (χ2v) is 7.71. The lowest BCUT2D eigenvalue weighted by Crippen LogP contribution is -2.40. The van der Waals surface area contributed by atoms with Gasteiger partial charge >= 0.3 is 6.09 Å². The van der Waals surface area contributed by atoms with Crippen molar-refractivity contribution >= 4 is 6.09 Å². The average Bonchev–Trinajstić information content (AvgIpc) is 3.02. The van der Waals surface area contributed by atoms with E-state index in [-0.39, 0.29) is 11.9 Å². The van der Waals surface area contributed by atoms with E-state index in [9.17, 15) is 9.18 Å². The Balaban J connectivity index is 1.69. The van der Waals surface area contributed by atoms with E-state index in [2.05, 4.69) is 15.6 Å². The van der Waals surface area contributed by atoms with E-state index in [1.54, 1.807) is 26.0 Å². The highest BCUT2D eigenvalue weighted by Gasteiger charge is 2.55. The van der Waals surface area contributed by atoms with Crippen LogP contribution in [-0.4, -0.2) is 35.4 Å². The average molecular weight is 371 g/mol. The molecule has 2 fully saturated rings. The van der Waals surface area contributed by atoms with Gasteiger partial charge in [0.1, 0.15) is 11.9 Å². The third-order valence-electron chi connectivity index (χ3n) is 5.31. The molecule has 1 amide bonds. The van der Waals surface area contributed by atoms with Crippen LogP contribution < -0.4 is 15.4 Å². The highest BCUT2D eigenvalue weighted by Crippen LogP contribution is 2.44. The summed E-state index contributed by atoms with van der Waals surface area (Å²) >= 11 is 0. The topological polar surface area (TPSA) is 83.5 Å². The number of rotatable bonds is 5. The van der Waals surface area contributed by atoms with Crippen LogP contribution in [0.3, 0.4) is 0 Å². The summed E-state index contributed by atoms with van der Waals surface area (Å²) in [5.74, 6) is 1.17. The van der Waals surface area contributed by atoms with Crippen molar-refractivity contribution in [3.05, 3.63) is 47.9 Å². The largest absolute Gasteiger partial charge is 0.474 e. The number of carboxylic acid groups (broad SMARTS) is 1. The predicted octanol–water partition coefficient (Wildman–Crippen LogP) is 2.99. The first kappa shape index (κ1) is 17.7. The Bertz CT molecular complexity index is 859. The molecule has 3 atom stereocenters. The Morgan fingerprint density at radius 2 is 1.89 bits per heavy atom. The second-order valence-electron chi connectivity index (χ2n) is 7.71.